The maximum Gasteiger partial charge on any atom is 0.234 e. The SMILES string of the molecule is CC[C@@H](C)c1ccccc1NC(=O)CSc1nc2ccc(Cl)cc2[nH]1. The molecule has 0 unspecified atom stereocenters. The van der Waals surface area contributed by atoms with E-state index in [9.17, 15) is 4.79 Å². The van der Waals surface area contributed by atoms with Crippen molar-refractivity contribution < 1.29 is 4.79 Å². The monoisotopic (exact) mass is 373 g/mol. The van der Waals surface area contributed by atoms with Crippen LogP contribution in [0.4, 0.5) is 5.69 Å². The van der Waals surface area contributed by atoms with Crippen LogP contribution in [0.15, 0.2) is 47.6 Å². The van der Waals surface area contributed by atoms with Gasteiger partial charge in [0.05, 0.1) is 16.8 Å². The van der Waals surface area contributed by atoms with Gasteiger partial charge in [0.1, 0.15) is 0 Å². The first-order valence-corrected chi connectivity index (χ1v) is 9.60. The smallest absolute Gasteiger partial charge is 0.234 e. The molecule has 0 saturated carbocycles. The fourth-order valence-electron chi connectivity index (χ4n) is 2.61. The molecular formula is C19H20ClN3OS. The van der Waals surface area contributed by atoms with Gasteiger partial charge in [-0.25, -0.2) is 4.98 Å². The number of hydrogen-bond acceptors (Lipinski definition) is 3. The van der Waals surface area contributed by atoms with Crippen molar-refractivity contribution in [2.75, 3.05) is 11.1 Å². The number of carbonyl (C=O) groups is 1. The number of para-hydroxylation sites is 1. The normalized spacial score (nSPS) is 12.3. The first kappa shape index (κ1) is 17.8. The van der Waals surface area contributed by atoms with E-state index in [0.29, 0.717) is 21.8 Å². The maximum atomic E-state index is 12.3. The summed E-state index contributed by atoms with van der Waals surface area (Å²) in [5.74, 6) is 0.658. The highest BCUT2D eigenvalue weighted by atomic mass is 35.5. The Bertz CT molecular complexity index is 893. The average Bonchev–Trinajstić information content (AvgIpc) is 3.02. The molecule has 0 saturated heterocycles. The Balaban J connectivity index is 1.65. The summed E-state index contributed by atoms with van der Waals surface area (Å²) in [5.41, 5.74) is 3.77. The second kappa shape index (κ2) is 7.93. The van der Waals surface area contributed by atoms with E-state index in [1.807, 2.05) is 30.3 Å². The molecule has 0 aliphatic rings. The van der Waals surface area contributed by atoms with Crippen molar-refractivity contribution in [1.82, 2.24) is 9.97 Å². The lowest BCUT2D eigenvalue weighted by atomic mass is 9.97. The van der Waals surface area contributed by atoms with Gasteiger partial charge in [0.25, 0.3) is 0 Å². The summed E-state index contributed by atoms with van der Waals surface area (Å²) < 4.78 is 0. The van der Waals surface area contributed by atoms with Crippen molar-refractivity contribution in [2.45, 2.75) is 31.3 Å². The number of fused-ring (bicyclic) bond motifs is 1. The lowest BCUT2D eigenvalue weighted by Gasteiger charge is -2.15. The van der Waals surface area contributed by atoms with Gasteiger partial charge in [0, 0.05) is 10.7 Å². The zero-order valence-electron chi connectivity index (χ0n) is 14.2. The number of aromatic nitrogens is 2. The van der Waals surface area contributed by atoms with Crippen LogP contribution in [-0.2, 0) is 4.79 Å². The van der Waals surface area contributed by atoms with Gasteiger partial charge < -0.3 is 10.3 Å². The van der Waals surface area contributed by atoms with Crippen LogP contribution in [0.25, 0.3) is 11.0 Å². The fraction of sp³-hybridized carbons (Fsp3) is 0.263. The number of amides is 1. The summed E-state index contributed by atoms with van der Waals surface area (Å²) in [6.45, 7) is 4.31. The van der Waals surface area contributed by atoms with Crippen LogP contribution in [0.3, 0.4) is 0 Å². The first-order valence-electron chi connectivity index (χ1n) is 8.23. The summed E-state index contributed by atoms with van der Waals surface area (Å²) in [4.78, 5) is 20.0. The number of carbonyl (C=O) groups excluding carboxylic acids is 1. The van der Waals surface area contributed by atoms with E-state index >= 15 is 0 Å². The Labute approximate surface area is 156 Å². The second-order valence-corrected chi connectivity index (χ2v) is 7.34. The van der Waals surface area contributed by atoms with Crippen molar-refractivity contribution in [2.24, 2.45) is 0 Å². The molecule has 2 aromatic carbocycles. The minimum Gasteiger partial charge on any atom is -0.333 e. The molecule has 0 aliphatic carbocycles. The Morgan fingerprint density at radius 3 is 2.92 bits per heavy atom. The average molecular weight is 374 g/mol. The van der Waals surface area contributed by atoms with Crippen LogP contribution in [-0.4, -0.2) is 21.6 Å². The maximum absolute atomic E-state index is 12.3. The number of nitrogens with zero attached hydrogens (tertiary/aromatic N) is 1. The topological polar surface area (TPSA) is 57.8 Å². The molecule has 3 aromatic rings. The number of H-pyrrole nitrogens is 1. The van der Waals surface area contributed by atoms with Gasteiger partial charge in [0.2, 0.25) is 5.91 Å². The van der Waals surface area contributed by atoms with Gasteiger partial charge in [-0.15, -0.1) is 0 Å². The minimum absolute atomic E-state index is 0.0424. The van der Waals surface area contributed by atoms with E-state index in [4.69, 9.17) is 11.6 Å². The summed E-state index contributed by atoms with van der Waals surface area (Å²) in [5, 5.41) is 4.39. The Morgan fingerprint density at radius 1 is 1.32 bits per heavy atom. The molecule has 4 nitrogen and oxygen atoms in total. The number of hydrogen-bond donors (Lipinski definition) is 2. The minimum atomic E-state index is -0.0424. The van der Waals surface area contributed by atoms with Crippen LogP contribution in [0, 0.1) is 0 Å². The van der Waals surface area contributed by atoms with Crippen molar-refractivity contribution in [3.8, 4) is 0 Å². The molecule has 0 radical (unpaired) electrons. The van der Waals surface area contributed by atoms with Gasteiger partial charge in [0.15, 0.2) is 5.16 Å². The lowest BCUT2D eigenvalue weighted by Crippen LogP contribution is -2.15. The lowest BCUT2D eigenvalue weighted by molar-refractivity contribution is -0.113. The number of benzene rings is 2. The van der Waals surface area contributed by atoms with Crippen molar-refractivity contribution >= 4 is 46.0 Å². The third-order valence-electron chi connectivity index (χ3n) is 4.14. The zero-order chi connectivity index (χ0) is 17.8. The van der Waals surface area contributed by atoms with Crippen molar-refractivity contribution in [1.29, 1.82) is 0 Å². The number of thioether (sulfide) groups is 1. The molecule has 2 N–H and O–H groups in total. The molecule has 25 heavy (non-hydrogen) atoms. The largest absolute Gasteiger partial charge is 0.333 e. The van der Waals surface area contributed by atoms with Crippen LogP contribution >= 0.6 is 23.4 Å². The van der Waals surface area contributed by atoms with Gasteiger partial charge >= 0.3 is 0 Å². The van der Waals surface area contributed by atoms with Crippen molar-refractivity contribution in [3.63, 3.8) is 0 Å². The van der Waals surface area contributed by atoms with Crippen LogP contribution in [0.1, 0.15) is 31.7 Å². The molecule has 0 bridgehead atoms. The predicted molar refractivity (Wildman–Crippen MR) is 106 cm³/mol. The molecule has 0 aliphatic heterocycles. The number of imidazole rings is 1. The first-order chi connectivity index (χ1) is 12.1. The van der Waals surface area contributed by atoms with Crippen molar-refractivity contribution in [3.05, 3.63) is 53.1 Å². The standard InChI is InChI=1S/C19H20ClN3OS/c1-3-12(2)14-6-4-5-7-15(14)21-18(24)11-25-19-22-16-9-8-13(20)10-17(16)23-19/h4-10,12H,3,11H2,1-2H3,(H,21,24)(H,22,23)/t12-/m1/s1. The molecule has 130 valence electrons. The zero-order valence-corrected chi connectivity index (χ0v) is 15.7. The molecular weight excluding hydrogens is 354 g/mol. The molecule has 0 fully saturated rings. The number of nitrogens with one attached hydrogen (secondary N) is 2. The van der Waals surface area contributed by atoms with E-state index in [-0.39, 0.29) is 5.91 Å². The third-order valence-corrected chi connectivity index (χ3v) is 5.25. The summed E-state index contributed by atoms with van der Waals surface area (Å²) in [6, 6.07) is 13.5. The number of rotatable bonds is 6. The summed E-state index contributed by atoms with van der Waals surface area (Å²) in [7, 11) is 0. The molecule has 6 heteroatoms. The summed E-state index contributed by atoms with van der Waals surface area (Å²) >= 11 is 7.36. The van der Waals surface area contributed by atoms with Crippen LogP contribution in [0.5, 0.6) is 0 Å². The second-order valence-electron chi connectivity index (χ2n) is 5.94. The highest BCUT2D eigenvalue weighted by Gasteiger charge is 2.12. The Hall–Kier alpha value is -1.98. The number of halogens is 1. The van der Waals surface area contributed by atoms with E-state index < -0.39 is 0 Å². The fourth-order valence-corrected chi connectivity index (χ4v) is 3.46. The Kier molecular flexibility index (Phi) is 5.66. The Morgan fingerprint density at radius 2 is 2.12 bits per heavy atom. The van der Waals surface area contributed by atoms with Gasteiger partial charge in [-0.2, -0.15) is 0 Å². The van der Waals surface area contributed by atoms with E-state index in [1.165, 1.54) is 17.3 Å². The van der Waals surface area contributed by atoms with Crippen LogP contribution in [0.2, 0.25) is 5.02 Å². The van der Waals surface area contributed by atoms with Crippen LogP contribution < -0.4 is 5.32 Å². The molecule has 1 aromatic heterocycles. The highest BCUT2D eigenvalue weighted by molar-refractivity contribution is 7.99. The third kappa shape index (κ3) is 4.35. The predicted octanol–water partition coefficient (Wildman–Crippen LogP) is 5.46. The molecule has 1 atom stereocenters. The quantitative estimate of drug-likeness (QED) is 0.564. The molecule has 3 rings (SSSR count). The molecule has 1 amide bonds. The van der Waals surface area contributed by atoms with E-state index in [1.54, 1.807) is 6.07 Å². The van der Waals surface area contributed by atoms with E-state index in [2.05, 4.69) is 35.2 Å². The number of aromatic amines is 1. The van der Waals surface area contributed by atoms with E-state index in [0.717, 1.165) is 23.1 Å². The van der Waals surface area contributed by atoms with Gasteiger partial charge in [-0.1, -0.05) is 55.4 Å². The summed E-state index contributed by atoms with van der Waals surface area (Å²) in [6.07, 6.45) is 1.03. The molecule has 0 spiro atoms. The van der Waals surface area contributed by atoms with Gasteiger partial charge in [-0.05, 0) is 42.2 Å². The van der Waals surface area contributed by atoms with Gasteiger partial charge in [-0.3, -0.25) is 4.79 Å². The number of anilines is 1. The highest BCUT2D eigenvalue weighted by Crippen LogP contribution is 2.27. The molecule has 1 heterocycles.